The van der Waals surface area contributed by atoms with Gasteiger partial charge in [-0.1, -0.05) is 6.92 Å². The molecule has 0 aromatic carbocycles. The van der Waals surface area contributed by atoms with Gasteiger partial charge in [0.2, 0.25) is 0 Å². The van der Waals surface area contributed by atoms with E-state index < -0.39 is 0 Å². The third-order valence-electron chi connectivity index (χ3n) is 2.77. The first-order valence-corrected chi connectivity index (χ1v) is 7.71. The summed E-state index contributed by atoms with van der Waals surface area (Å²) in [6, 6.07) is 0. The predicted molar refractivity (Wildman–Crippen MR) is 75.9 cm³/mol. The minimum Gasteiger partial charge on any atom is -0.376 e. The van der Waals surface area contributed by atoms with Crippen LogP contribution in [0.15, 0.2) is 4.99 Å². The number of rotatable bonds is 6. The van der Waals surface area contributed by atoms with Crippen LogP contribution in [0.25, 0.3) is 0 Å². The molecule has 0 aromatic rings. The minimum absolute atomic E-state index is 0.358. The molecule has 5 heteroatoms. The Hall–Kier alpha value is -0.420. The topological polar surface area (TPSA) is 45.7 Å². The lowest BCUT2D eigenvalue weighted by molar-refractivity contribution is 0.114. The summed E-state index contributed by atoms with van der Waals surface area (Å²) in [4.78, 5) is 4.56. The number of aliphatic imine (C=N–C) groups is 1. The fourth-order valence-electron chi connectivity index (χ4n) is 1.65. The average Bonchev–Trinajstić information content (AvgIpc) is 2.85. The van der Waals surface area contributed by atoms with Gasteiger partial charge in [-0.25, -0.2) is 0 Å². The second-order valence-electron chi connectivity index (χ2n) is 4.28. The lowest BCUT2D eigenvalue weighted by Gasteiger charge is -2.15. The fourth-order valence-corrected chi connectivity index (χ4v) is 1.88. The Morgan fingerprint density at radius 2 is 2.35 bits per heavy atom. The highest BCUT2D eigenvalue weighted by Gasteiger charge is 2.15. The molecule has 1 heterocycles. The summed E-state index contributed by atoms with van der Waals surface area (Å²) in [6.45, 7) is 7.79. The van der Waals surface area contributed by atoms with Gasteiger partial charge in [0.15, 0.2) is 5.96 Å². The summed E-state index contributed by atoms with van der Waals surface area (Å²) in [5, 5.41) is 7.17. The molecule has 0 aromatic heterocycles. The molecule has 1 fully saturated rings. The van der Waals surface area contributed by atoms with Crippen LogP contribution in [0, 0.1) is 0 Å². The van der Waals surface area contributed by atoms with Gasteiger partial charge < -0.3 is 15.4 Å². The van der Waals surface area contributed by atoms with Crippen molar-refractivity contribution in [3.05, 3.63) is 0 Å². The molecule has 0 aliphatic carbocycles. The van der Waals surface area contributed by atoms with Crippen LogP contribution >= 0.6 is 11.8 Å². The first kappa shape index (κ1) is 14.6. The third kappa shape index (κ3) is 6.17. The molecule has 0 radical (unpaired) electrons. The van der Waals surface area contributed by atoms with E-state index in [4.69, 9.17) is 4.74 Å². The molecule has 2 N–H and O–H groups in total. The maximum Gasteiger partial charge on any atom is 0.191 e. The average molecular weight is 259 g/mol. The largest absolute Gasteiger partial charge is 0.376 e. The summed E-state index contributed by atoms with van der Waals surface area (Å²) in [5.41, 5.74) is 0. The van der Waals surface area contributed by atoms with Crippen LogP contribution in [0.2, 0.25) is 0 Å². The van der Waals surface area contributed by atoms with Crippen molar-refractivity contribution in [1.29, 1.82) is 0 Å². The van der Waals surface area contributed by atoms with Crippen LogP contribution in [0.4, 0.5) is 0 Å². The maximum atomic E-state index is 5.58. The van der Waals surface area contributed by atoms with E-state index in [2.05, 4.69) is 35.7 Å². The van der Waals surface area contributed by atoms with E-state index in [1.54, 1.807) is 0 Å². The van der Waals surface area contributed by atoms with E-state index in [0.29, 0.717) is 11.4 Å². The van der Waals surface area contributed by atoms with Crippen molar-refractivity contribution in [1.82, 2.24) is 10.6 Å². The van der Waals surface area contributed by atoms with Crippen LogP contribution < -0.4 is 10.6 Å². The van der Waals surface area contributed by atoms with Crippen molar-refractivity contribution < 1.29 is 4.74 Å². The predicted octanol–water partition coefficient (Wildman–Crippen LogP) is 1.47. The van der Waals surface area contributed by atoms with Crippen LogP contribution in [-0.4, -0.2) is 49.8 Å². The molecule has 100 valence electrons. The van der Waals surface area contributed by atoms with Crippen LogP contribution in [0.1, 0.15) is 26.7 Å². The fraction of sp³-hybridized carbons (Fsp3) is 0.917. The maximum absolute atomic E-state index is 5.58. The highest BCUT2D eigenvalue weighted by Crippen LogP contribution is 2.10. The van der Waals surface area contributed by atoms with Gasteiger partial charge in [-0.2, -0.15) is 11.8 Å². The molecule has 0 amide bonds. The van der Waals surface area contributed by atoms with Crippen LogP contribution in [0.5, 0.6) is 0 Å². The van der Waals surface area contributed by atoms with Crippen LogP contribution in [0.3, 0.4) is 0 Å². The molecule has 0 saturated carbocycles. The Morgan fingerprint density at radius 1 is 1.53 bits per heavy atom. The van der Waals surface area contributed by atoms with Gasteiger partial charge in [-0.15, -0.1) is 0 Å². The van der Waals surface area contributed by atoms with Crippen molar-refractivity contribution in [2.75, 3.05) is 32.5 Å². The van der Waals surface area contributed by atoms with E-state index >= 15 is 0 Å². The smallest absolute Gasteiger partial charge is 0.191 e. The molecule has 2 unspecified atom stereocenters. The van der Waals surface area contributed by atoms with E-state index in [0.717, 1.165) is 38.6 Å². The van der Waals surface area contributed by atoms with Gasteiger partial charge in [-0.3, -0.25) is 4.99 Å². The SMILES string of the molecule is CCNC(=NCC(C)SC)NCC1CCCO1. The number of hydrogen-bond acceptors (Lipinski definition) is 3. The number of ether oxygens (including phenoxy) is 1. The summed E-state index contributed by atoms with van der Waals surface area (Å²) in [6.07, 6.45) is 4.82. The first-order valence-electron chi connectivity index (χ1n) is 6.42. The lowest BCUT2D eigenvalue weighted by Crippen LogP contribution is -2.41. The van der Waals surface area contributed by atoms with Gasteiger partial charge in [0.25, 0.3) is 0 Å². The van der Waals surface area contributed by atoms with Crippen molar-refractivity contribution in [2.24, 2.45) is 4.99 Å². The molecule has 0 bridgehead atoms. The third-order valence-corrected chi connectivity index (χ3v) is 3.73. The molecule has 17 heavy (non-hydrogen) atoms. The number of thioether (sulfide) groups is 1. The monoisotopic (exact) mass is 259 g/mol. The zero-order valence-electron chi connectivity index (χ0n) is 11.2. The molecular weight excluding hydrogens is 234 g/mol. The normalized spacial score (nSPS) is 22.5. The van der Waals surface area contributed by atoms with Crippen molar-refractivity contribution in [3.63, 3.8) is 0 Å². The van der Waals surface area contributed by atoms with Gasteiger partial charge >= 0.3 is 0 Å². The van der Waals surface area contributed by atoms with Gasteiger partial charge in [-0.05, 0) is 26.0 Å². The van der Waals surface area contributed by atoms with E-state index in [-0.39, 0.29) is 0 Å². The summed E-state index contributed by atoms with van der Waals surface area (Å²) >= 11 is 1.84. The molecule has 1 aliphatic heterocycles. The summed E-state index contributed by atoms with van der Waals surface area (Å²) < 4.78 is 5.58. The zero-order chi connectivity index (χ0) is 12.5. The van der Waals surface area contributed by atoms with E-state index in [1.807, 2.05) is 11.8 Å². The molecular formula is C12H25N3OS. The van der Waals surface area contributed by atoms with Crippen molar-refractivity contribution in [2.45, 2.75) is 38.0 Å². The Morgan fingerprint density at radius 3 is 2.94 bits per heavy atom. The van der Waals surface area contributed by atoms with Gasteiger partial charge in [0.1, 0.15) is 0 Å². The summed E-state index contributed by atoms with van der Waals surface area (Å²) in [7, 11) is 0. The summed E-state index contributed by atoms with van der Waals surface area (Å²) in [5.74, 6) is 0.906. The highest BCUT2D eigenvalue weighted by atomic mass is 32.2. The van der Waals surface area contributed by atoms with Gasteiger partial charge in [0.05, 0.1) is 12.6 Å². The van der Waals surface area contributed by atoms with Crippen molar-refractivity contribution >= 4 is 17.7 Å². The highest BCUT2D eigenvalue weighted by molar-refractivity contribution is 7.99. The molecule has 2 atom stereocenters. The second-order valence-corrected chi connectivity index (χ2v) is 5.56. The lowest BCUT2D eigenvalue weighted by atomic mass is 10.2. The molecule has 1 aliphatic rings. The number of nitrogens with one attached hydrogen (secondary N) is 2. The Bertz CT molecular complexity index is 230. The number of hydrogen-bond donors (Lipinski definition) is 2. The Kier molecular flexibility index (Phi) is 7.44. The molecule has 1 rings (SSSR count). The van der Waals surface area contributed by atoms with E-state index in [1.165, 1.54) is 6.42 Å². The van der Waals surface area contributed by atoms with Crippen molar-refractivity contribution in [3.8, 4) is 0 Å². The van der Waals surface area contributed by atoms with Gasteiger partial charge in [0, 0.05) is 24.9 Å². The Labute approximate surface area is 109 Å². The molecule has 4 nitrogen and oxygen atoms in total. The minimum atomic E-state index is 0.358. The second kappa shape index (κ2) is 8.64. The Balaban J connectivity index is 2.30. The quantitative estimate of drug-likeness (QED) is 0.560. The molecule has 1 saturated heterocycles. The standard InChI is InChI=1S/C12H25N3OS/c1-4-13-12(14-8-10(2)17-3)15-9-11-6-5-7-16-11/h10-11H,4-9H2,1-3H3,(H2,13,14,15). The number of nitrogens with zero attached hydrogens (tertiary/aromatic N) is 1. The molecule has 0 spiro atoms. The van der Waals surface area contributed by atoms with E-state index in [9.17, 15) is 0 Å². The zero-order valence-corrected chi connectivity index (χ0v) is 12.0. The first-order chi connectivity index (χ1) is 8.26. The van der Waals surface area contributed by atoms with Crippen LogP contribution in [-0.2, 0) is 4.74 Å². The number of guanidine groups is 1.